The van der Waals surface area contributed by atoms with Crippen LogP contribution < -0.4 is 5.32 Å². The molecule has 0 saturated heterocycles. The molecule has 1 heterocycles. The second-order valence-electron chi connectivity index (χ2n) is 5.65. The second kappa shape index (κ2) is 6.66. The number of hydrogen-bond acceptors (Lipinski definition) is 2. The standard InChI is InChI=1S/C17H13F4N3O2/c18-11-8-10(17(19,20)21)6-5-9(11)7-14(24-16(25)26)15-22-12-3-1-2-4-13(12)23-15/h1-6,8,14,24H,7H2,(H,22,23)(H,25,26). The average Bonchev–Trinajstić information content (AvgIpc) is 2.98. The molecule has 0 aliphatic heterocycles. The molecule has 3 N–H and O–H groups in total. The van der Waals surface area contributed by atoms with Crippen molar-refractivity contribution in [2.24, 2.45) is 0 Å². The van der Waals surface area contributed by atoms with Crippen LogP contribution in [0.25, 0.3) is 11.0 Å². The van der Waals surface area contributed by atoms with Crippen molar-refractivity contribution in [2.75, 3.05) is 0 Å². The minimum absolute atomic E-state index is 0.0581. The number of carboxylic acid groups (broad SMARTS) is 1. The fraction of sp³-hybridized carbons (Fsp3) is 0.176. The number of alkyl halides is 3. The Kier molecular flexibility index (Phi) is 4.54. The number of imidazole rings is 1. The van der Waals surface area contributed by atoms with Crippen molar-refractivity contribution in [2.45, 2.75) is 18.6 Å². The SMILES string of the molecule is O=C(O)NC(Cc1ccc(C(F)(F)F)cc1F)c1nc2ccccc2[nH]1. The Morgan fingerprint density at radius 2 is 1.96 bits per heavy atom. The summed E-state index contributed by atoms with van der Waals surface area (Å²) in [4.78, 5) is 18.3. The van der Waals surface area contributed by atoms with Crippen LogP contribution in [0.3, 0.4) is 0 Å². The van der Waals surface area contributed by atoms with Gasteiger partial charge in [0.2, 0.25) is 0 Å². The van der Waals surface area contributed by atoms with Gasteiger partial charge < -0.3 is 15.4 Å². The van der Waals surface area contributed by atoms with Gasteiger partial charge in [0.15, 0.2) is 0 Å². The first-order valence-corrected chi connectivity index (χ1v) is 7.54. The van der Waals surface area contributed by atoms with Crippen molar-refractivity contribution in [3.63, 3.8) is 0 Å². The van der Waals surface area contributed by atoms with Crippen LogP contribution in [-0.4, -0.2) is 21.2 Å². The molecular formula is C17H13F4N3O2. The summed E-state index contributed by atoms with van der Waals surface area (Å²) in [5.74, 6) is -0.818. The van der Waals surface area contributed by atoms with Gasteiger partial charge in [0.1, 0.15) is 11.6 Å². The molecule has 0 spiro atoms. The minimum atomic E-state index is -4.66. The predicted molar refractivity (Wildman–Crippen MR) is 85.1 cm³/mol. The number of fused-ring (bicyclic) bond motifs is 1. The fourth-order valence-electron chi connectivity index (χ4n) is 2.61. The lowest BCUT2D eigenvalue weighted by molar-refractivity contribution is -0.137. The van der Waals surface area contributed by atoms with E-state index in [1.54, 1.807) is 24.3 Å². The summed E-state index contributed by atoms with van der Waals surface area (Å²) in [5.41, 5.74) is 0.0857. The van der Waals surface area contributed by atoms with Gasteiger partial charge >= 0.3 is 12.3 Å². The van der Waals surface area contributed by atoms with Crippen LogP contribution in [-0.2, 0) is 12.6 Å². The first-order chi connectivity index (χ1) is 12.2. The molecule has 9 heteroatoms. The maximum Gasteiger partial charge on any atom is 0.416 e. The van der Waals surface area contributed by atoms with Crippen LogP contribution in [0, 0.1) is 5.82 Å². The van der Waals surface area contributed by atoms with Gasteiger partial charge in [-0.15, -0.1) is 0 Å². The van der Waals surface area contributed by atoms with Gasteiger partial charge in [0.05, 0.1) is 22.6 Å². The van der Waals surface area contributed by atoms with Gasteiger partial charge in [-0.2, -0.15) is 13.2 Å². The predicted octanol–water partition coefficient (Wildman–Crippen LogP) is 4.27. The number of halogens is 4. The van der Waals surface area contributed by atoms with Gasteiger partial charge in [0.25, 0.3) is 0 Å². The van der Waals surface area contributed by atoms with Crippen molar-refractivity contribution in [1.82, 2.24) is 15.3 Å². The number of amides is 1. The molecule has 1 aromatic heterocycles. The molecule has 0 radical (unpaired) electrons. The summed E-state index contributed by atoms with van der Waals surface area (Å²) < 4.78 is 52.0. The molecule has 5 nitrogen and oxygen atoms in total. The maximum atomic E-state index is 14.1. The summed E-state index contributed by atoms with van der Waals surface area (Å²) in [6.45, 7) is 0. The van der Waals surface area contributed by atoms with Crippen LogP contribution in [0.5, 0.6) is 0 Å². The number of aromatic amines is 1. The second-order valence-corrected chi connectivity index (χ2v) is 5.65. The molecule has 1 atom stereocenters. The molecule has 3 aromatic rings. The molecular weight excluding hydrogens is 354 g/mol. The van der Waals surface area contributed by atoms with E-state index in [2.05, 4.69) is 15.3 Å². The maximum absolute atomic E-state index is 14.1. The Hall–Kier alpha value is -3.10. The number of H-pyrrole nitrogens is 1. The third-order valence-corrected chi connectivity index (χ3v) is 3.84. The number of nitrogens with zero attached hydrogens (tertiary/aromatic N) is 1. The largest absolute Gasteiger partial charge is 0.465 e. The highest BCUT2D eigenvalue weighted by atomic mass is 19.4. The summed E-state index contributed by atoms with van der Waals surface area (Å²) in [6.07, 6.45) is -6.21. The van der Waals surface area contributed by atoms with E-state index >= 15 is 0 Å². The highest BCUT2D eigenvalue weighted by Gasteiger charge is 2.31. The molecule has 0 aliphatic carbocycles. The Morgan fingerprint density at radius 1 is 1.23 bits per heavy atom. The van der Waals surface area contributed by atoms with Crippen LogP contribution in [0.1, 0.15) is 23.0 Å². The van der Waals surface area contributed by atoms with E-state index in [0.29, 0.717) is 17.1 Å². The topological polar surface area (TPSA) is 78.0 Å². The fourth-order valence-corrected chi connectivity index (χ4v) is 2.61. The first kappa shape index (κ1) is 17.7. The number of carbonyl (C=O) groups is 1. The van der Waals surface area contributed by atoms with E-state index in [1.165, 1.54) is 0 Å². The smallest absolute Gasteiger partial charge is 0.416 e. The average molecular weight is 367 g/mol. The molecule has 0 saturated carbocycles. The molecule has 136 valence electrons. The number of benzene rings is 2. The van der Waals surface area contributed by atoms with Crippen LogP contribution in [0.2, 0.25) is 0 Å². The molecule has 26 heavy (non-hydrogen) atoms. The van der Waals surface area contributed by atoms with Crippen molar-refractivity contribution < 1.29 is 27.5 Å². The third-order valence-electron chi connectivity index (χ3n) is 3.84. The number of para-hydroxylation sites is 2. The summed E-state index contributed by atoms with van der Waals surface area (Å²) in [5, 5.41) is 11.2. The van der Waals surface area contributed by atoms with Gasteiger partial charge in [-0.3, -0.25) is 0 Å². The number of hydrogen-bond donors (Lipinski definition) is 3. The monoisotopic (exact) mass is 367 g/mol. The lowest BCUT2D eigenvalue weighted by atomic mass is 10.0. The van der Waals surface area contributed by atoms with E-state index < -0.39 is 29.7 Å². The van der Waals surface area contributed by atoms with E-state index in [-0.39, 0.29) is 17.8 Å². The lowest BCUT2D eigenvalue weighted by Crippen LogP contribution is -2.29. The van der Waals surface area contributed by atoms with Crippen molar-refractivity contribution >= 4 is 17.1 Å². The van der Waals surface area contributed by atoms with E-state index in [0.717, 1.165) is 12.1 Å². The first-order valence-electron chi connectivity index (χ1n) is 7.54. The summed E-state index contributed by atoms with van der Waals surface area (Å²) in [6, 6.07) is 8.17. The van der Waals surface area contributed by atoms with Gasteiger partial charge in [-0.1, -0.05) is 18.2 Å². The highest BCUT2D eigenvalue weighted by Crippen LogP contribution is 2.31. The van der Waals surface area contributed by atoms with Crippen molar-refractivity contribution in [3.8, 4) is 0 Å². The molecule has 0 bridgehead atoms. The molecule has 2 aromatic carbocycles. The van der Waals surface area contributed by atoms with E-state index in [1.807, 2.05) is 0 Å². The molecule has 1 unspecified atom stereocenters. The summed E-state index contributed by atoms with van der Waals surface area (Å²) in [7, 11) is 0. The lowest BCUT2D eigenvalue weighted by Gasteiger charge is -2.16. The van der Waals surface area contributed by atoms with Crippen LogP contribution in [0.15, 0.2) is 42.5 Å². The summed E-state index contributed by atoms with van der Waals surface area (Å²) >= 11 is 0. The van der Waals surface area contributed by atoms with E-state index in [9.17, 15) is 22.4 Å². The highest BCUT2D eigenvalue weighted by molar-refractivity contribution is 5.75. The molecule has 0 fully saturated rings. The molecule has 3 rings (SSSR count). The zero-order valence-electron chi connectivity index (χ0n) is 13.1. The third kappa shape index (κ3) is 3.76. The zero-order chi connectivity index (χ0) is 18.9. The normalized spacial score (nSPS) is 12.9. The Balaban J connectivity index is 1.93. The zero-order valence-corrected chi connectivity index (χ0v) is 13.1. The number of rotatable bonds is 4. The molecule has 0 aliphatic rings. The Morgan fingerprint density at radius 3 is 2.58 bits per heavy atom. The van der Waals surface area contributed by atoms with Crippen molar-refractivity contribution in [1.29, 1.82) is 0 Å². The van der Waals surface area contributed by atoms with Gasteiger partial charge in [-0.25, -0.2) is 14.2 Å². The minimum Gasteiger partial charge on any atom is -0.465 e. The Labute approximate surface area is 144 Å². The van der Waals surface area contributed by atoms with Gasteiger partial charge in [0, 0.05) is 6.42 Å². The quantitative estimate of drug-likeness (QED) is 0.603. The number of nitrogens with one attached hydrogen (secondary N) is 2. The van der Waals surface area contributed by atoms with Gasteiger partial charge in [-0.05, 0) is 29.8 Å². The van der Waals surface area contributed by atoms with Crippen LogP contribution >= 0.6 is 0 Å². The Bertz CT molecular complexity index is 920. The van der Waals surface area contributed by atoms with Crippen LogP contribution in [0.4, 0.5) is 22.4 Å². The number of aromatic nitrogens is 2. The van der Waals surface area contributed by atoms with E-state index in [4.69, 9.17) is 5.11 Å². The molecule has 1 amide bonds. The van der Waals surface area contributed by atoms with Crippen molar-refractivity contribution in [3.05, 3.63) is 65.2 Å².